The van der Waals surface area contributed by atoms with E-state index >= 15 is 0 Å². The van der Waals surface area contributed by atoms with E-state index in [-0.39, 0.29) is 6.61 Å². The van der Waals surface area contributed by atoms with Gasteiger partial charge in [0.1, 0.15) is 0 Å². The van der Waals surface area contributed by atoms with Crippen LogP contribution in [0.25, 0.3) is 32.9 Å². The predicted octanol–water partition coefficient (Wildman–Crippen LogP) is 4.06. The van der Waals surface area contributed by atoms with Gasteiger partial charge in [0.15, 0.2) is 0 Å². The maximum atomic E-state index is 12.7. The van der Waals surface area contributed by atoms with E-state index in [9.17, 15) is 14.7 Å². The molecule has 0 spiro atoms. The maximum absolute atomic E-state index is 12.7. The van der Waals surface area contributed by atoms with Gasteiger partial charge in [-0.1, -0.05) is 35.9 Å². The van der Waals surface area contributed by atoms with Gasteiger partial charge in [-0.3, -0.25) is 14.9 Å². The van der Waals surface area contributed by atoms with Crippen molar-refractivity contribution in [3.63, 3.8) is 0 Å². The monoisotopic (exact) mass is 390 g/mol. The van der Waals surface area contributed by atoms with E-state index in [4.69, 9.17) is 11.6 Å². The molecule has 5 nitrogen and oxygen atoms in total. The highest BCUT2D eigenvalue weighted by atomic mass is 35.5. The Morgan fingerprint density at radius 3 is 2.46 bits per heavy atom. The fraction of sp³-hybridized carbons (Fsp3) is 0.0909. The number of aromatic amines is 1. The Balaban J connectivity index is 1.92. The molecule has 0 fully saturated rings. The smallest absolute Gasteiger partial charge is 0.259 e. The lowest BCUT2D eigenvalue weighted by Gasteiger charge is -2.10. The number of rotatable bonds is 3. The molecule has 28 heavy (non-hydrogen) atoms. The highest BCUT2D eigenvalue weighted by molar-refractivity contribution is 6.36. The van der Waals surface area contributed by atoms with Gasteiger partial charge >= 0.3 is 0 Å². The zero-order chi connectivity index (χ0) is 19.4. The molecular formula is C22H15ClN2O3. The Morgan fingerprint density at radius 2 is 1.68 bits per heavy atom. The molecule has 2 heterocycles. The summed E-state index contributed by atoms with van der Waals surface area (Å²) in [6.45, 7) is 0.0432. The predicted molar refractivity (Wildman–Crippen MR) is 109 cm³/mol. The summed E-state index contributed by atoms with van der Waals surface area (Å²) in [6, 6.07) is 15.0. The van der Waals surface area contributed by atoms with Gasteiger partial charge in [-0.15, -0.1) is 0 Å². The molecule has 0 saturated carbocycles. The number of imide groups is 1. The Labute approximate surface area is 164 Å². The van der Waals surface area contributed by atoms with Crippen molar-refractivity contribution in [1.82, 2.24) is 10.3 Å². The van der Waals surface area contributed by atoms with Gasteiger partial charge in [-0.2, -0.15) is 0 Å². The van der Waals surface area contributed by atoms with E-state index < -0.39 is 11.8 Å². The number of hydrogen-bond acceptors (Lipinski definition) is 3. The summed E-state index contributed by atoms with van der Waals surface area (Å²) in [5, 5.41) is 13.7. The number of hydrogen-bond donors (Lipinski definition) is 3. The average molecular weight is 391 g/mol. The van der Waals surface area contributed by atoms with Crippen molar-refractivity contribution in [2.24, 2.45) is 0 Å². The van der Waals surface area contributed by atoms with Crippen LogP contribution in [0.5, 0.6) is 0 Å². The molecule has 1 aliphatic heterocycles. The number of carbonyl (C=O) groups is 2. The van der Waals surface area contributed by atoms with Gasteiger partial charge in [0.2, 0.25) is 0 Å². The van der Waals surface area contributed by atoms with Crippen LogP contribution >= 0.6 is 11.6 Å². The lowest BCUT2D eigenvalue weighted by molar-refractivity contribution is 0.0880. The van der Waals surface area contributed by atoms with E-state index in [1.165, 1.54) is 0 Å². The average Bonchev–Trinajstić information content (AvgIpc) is 3.18. The molecular weight excluding hydrogens is 376 g/mol. The van der Waals surface area contributed by atoms with Crippen LogP contribution in [-0.4, -0.2) is 28.5 Å². The third-order valence-electron chi connectivity index (χ3n) is 5.20. The van der Waals surface area contributed by atoms with E-state index in [2.05, 4.69) is 10.3 Å². The highest BCUT2D eigenvalue weighted by Gasteiger charge is 2.34. The number of halogens is 1. The summed E-state index contributed by atoms with van der Waals surface area (Å²) >= 11 is 6.38. The molecule has 6 heteroatoms. The quantitative estimate of drug-likeness (QED) is 0.461. The molecule has 2 amide bonds. The van der Waals surface area contributed by atoms with Crippen LogP contribution in [0.3, 0.4) is 0 Å². The van der Waals surface area contributed by atoms with Crippen LogP contribution in [0.2, 0.25) is 5.02 Å². The van der Waals surface area contributed by atoms with Gasteiger partial charge in [0, 0.05) is 39.0 Å². The van der Waals surface area contributed by atoms with Gasteiger partial charge in [-0.05, 0) is 41.8 Å². The molecule has 0 aliphatic carbocycles. The Morgan fingerprint density at radius 1 is 0.893 bits per heavy atom. The molecule has 1 aromatic heterocycles. The first kappa shape index (κ1) is 17.0. The second kappa shape index (κ2) is 6.19. The SMILES string of the molecule is O=C1NC(=O)c2c1c(-c1ccccc1Cl)cc1[nH]c3ccc(CCO)cc3c21. The van der Waals surface area contributed by atoms with Gasteiger partial charge in [0.05, 0.1) is 11.1 Å². The number of aromatic nitrogens is 1. The number of aliphatic hydroxyl groups is 1. The van der Waals surface area contributed by atoms with E-state index in [1.807, 2.05) is 42.5 Å². The van der Waals surface area contributed by atoms with Crippen molar-refractivity contribution in [2.45, 2.75) is 6.42 Å². The summed E-state index contributed by atoms with van der Waals surface area (Å²) in [5.41, 5.74) is 4.62. The van der Waals surface area contributed by atoms with E-state index in [0.29, 0.717) is 39.1 Å². The minimum atomic E-state index is -0.419. The van der Waals surface area contributed by atoms with Crippen LogP contribution in [-0.2, 0) is 6.42 Å². The number of H-pyrrole nitrogens is 1. The molecule has 0 atom stereocenters. The lowest BCUT2D eigenvalue weighted by atomic mass is 9.92. The zero-order valence-corrected chi connectivity index (χ0v) is 15.4. The number of benzene rings is 3. The summed E-state index contributed by atoms with van der Waals surface area (Å²) in [7, 11) is 0. The fourth-order valence-electron chi connectivity index (χ4n) is 3.98. The maximum Gasteiger partial charge on any atom is 0.259 e. The normalized spacial score (nSPS) is 13.4. The van der Waals surface area contributed by atoms with Crippen LogP contribution in [0.4, 0.5) is 0 Å². The fourth-order valence-corrected chi connectivity index (χ4v) is 4.22. The highest BCUT2D eigenvalue weighted by Crippen LogP contribution is 2.40. The third kappa shape index (κ3) is 2.37. The van der Waals surface area contributed by atoms with Crippen molar-refractivity contribution in [2.75, 3.05) is 6.61 Å². The summed E-state index contributed by atoms with van der Waals surface area (Å²) in [4.78, 5) is 28.7. The number of fused-ring (bicyclic) bond motifs is 5. The van der Waals surface area contributed by atoms with Crippen molar-refractivity contribution >= 4 is 45.2 Å². The molecule has 3 aromatic carbocycles. The van der Waals surface area contributed by atoms with Crippen LogP contribution in [0, 0.1) is 0 Å². The molecule has 138 valence electrons. The zero-order valence-electron chi connectivity index (χ0n) is 14.7. The lowest BCUT2D eigenvalue weighted by Crippen LogP contribution is -2.20. The minimum Gasteiger partial charge on any atom is -0.396 e. The van der Waals surface area contributed by atoms with E-state index in [0.717, 1.165) is 22.0 Å². The van der Waals surface area contributed by atoms with Gasteiger partial charge in [0.25, 0.3) is 11.8 Å². The Kier molecular flexibility index (Phi) is 3.75. The van der Waals surface area contributed by atoms with Crippen molar-refractivity contribution < 1.29 is 14.7 Å². The van der Waals surface area contributed by atoms with Gasteiger partial charge in [-0.25, -0.2) is 0 Å². The molecule has 4 aromatic rings. The van der Waals surface area contributed by atoms with Crippen LogP contribution in [0.1, 0.15) is 26.3 Å². The molecule has 0 unspecified atom stereocenters. The summed E-state index contributed by atoms with van der Waals surface area (Å²) in [6.07, 6.45) is 0.521. The molecule has 3 N–H and O–H groups in total. The number of aliphatic hydroxyl groups excluding tert-OH is 1. The summed E-state index contributed by atoms with van der Waals surface area (Å²) in [5.74, 6) is -0.829. The van der Waals surface area contributed by atoms with E-state index in [1.54, 1.807) is 6.07 Å². The van der Waals surface area contributed by atoms with Crippen LogP contribution in [0.15, 0.2) is 48.5 Å². The molecule has 1 aliphatic rings. The number of nitrogens with one attached hydrogen (secondary N) is 2. The Bertz CT molecular complexity index is 1310. The molecule has 5 rings (SSSR count). The third-order valence-corrected chi connectivity index (χ3v) is 5.53. The summed E-state index contributed by atoms with van der Waals surface area (Å²) < 4.78 is 0. The largest absolute Gasteiger partial charge is 0.396 e. The number of carbonyl (C=O) groups excluding carboxylic acids is 2. The molecule has 0 saturated heterocycles. The first-order chi connectivity index (χ1) is 13.6. The molecule has 0 radical (unpaired) electrons. The Hall–Kier alpha value is -3.15. The first-order valence-corrected chi connectivity index (χ1v) is 9.29. The first-order valence-electron chi connectivity index (χ1n) is 8.91. The van der Waals surface area contributed by atoms with Gasteiger partial charge < -0.3 is 10.1 Å². The van der Waals surface area contributed by atoms with Crippen LogP contribution < -0.4 is 5.32 Å². The second-order valence-electron chi connectivity index (χ2n) is 6.84. The minimum absolute atomic E-state index is 0.0432. The van der Waals surface area contributed by atoms with Crippen molar-refractivity contribution in [3.8, 4) is 11.1 Å². The second-order valence-corrected chi connectivity index (χ2v) is 7.25. The molecule has 0 bridgehead atoms. The standard InChI is InChI=1S/C22H15ClN2O3/c23-15-4-2-1-3-12(15)13-10-17-18(20-19(13)21(27)25-22(20)28)14-9-11(7-8-26)5-6-16(14)24-17/h1-6,9-10,24,26H,7-8H2,(H,25,27,28). The number of amides is 2. The van der Waals surface area contributed by atoms with Crippen molar-refractivity contribution in [3.05, 3.63) is 70.2 Å². The van der Waals surface area contributed by atoms with Crippen molar-refractivity contribution in [1.29, 1.82) is 0 Å². The topological polar surface area (TPSA) is 82.2 Å².